The van der Waals surface area contributed by atoms with Gasteiger partial charge in [0.05, 0.1) is 13.2 Å². The number of hydrogen-bond acceptors (Lipinski definition) is 4. The number of nitrogens with one attached hydrogen (secondary N) is 1. The fourth-order valence-corrected chi connectivity index (χ4v) is 2.92. The number of rotatable bonds is 5. The second kappa shape index (κ2) is 6.44. The van der Waals surface area contributed by atoms with Crippen LogP contribution < -0.4 is 5.32 Å². The first-order chi connectivity index (χ1) is 9.94. The van der Waals surface area contributed by atoms with Gasteiger partial charge in [-0.2, -0.15) is 0 Å². The first kappa shape index (κ1) is 15.8. The van der Waals surface area contributed by atoms with E-state index in [-0.39, 0.29) is 18.7 Å². The van der Waals surface area contributed by atoms with Crippen molar-refractivity contribution in [3.8, 4) is 0 Å². The molecule has 6 nitrogen and oxygen atoms in total. The third-order valence-corrected chi connectivity index (χ3v) is 4.43. The van der Waals surface area contributed by atoms with Crippen molar-refractivity contribution in [3.05, 3.63) is 22.4 Å². The normalized spacial score (nSPS) is 21.5. The number of carbonyl (C=O) groups excluding carboxylic acids is 1. The van der Waals surface area contributed by atoms with E-state index in [4.69, 9.17) is 4.74 Å². The first-order valence-corrected chi connectivity index (χ1v) is 7.75. The molecule has 0 aromatic carbocycles. The summed E-state index contributed by atoms with van der Waals surface area (Å²) in [5, 5.41) is 14.0. The standard InChI is InChI=1S/C14H20N2O4S/c1-10(2)16(8-11-4-3-7-21-11)13(19)15-14(12(17)18)5-6-20-9-14/h3-4,7,10H,5-6,8-9H2,1-2H3,(H,15,19)(H,17,18). The maximum atomic E-state index is 12.5. The molecule has 7 heteroatoms. The monoisotopic (exact) mass is 312 g/mol. The lowest BCUT2D eigenvalue weighted by molar-refractivity contribution is -0.144. The summed E-state index contributed by atoms with van der Waals surface area (Å²) in [6.07, 6.45) is 0.291. The predicted octanol–water partition coefficient (Wildman–Crippen LogP) is 1.91. The van der Waals surface area contributed by atoms with Crippen molar-refractivity contribution < 1.29 is 19.4 Å². The largest absolute Gasteiger partial charge is 0.479 e. The smallest absolute Gasteiger partial charge is 0.332 e. The van der Waals surface area contributed by atoms with Crippen molar-refractivity contribution >= 4 is 23.3 Å². The van der Waals surface area contributed by atoms with Crippen LogP contribution in [0.2, 0.25) is 0 Å². The fourth-order valence-electron chi connectivity index (χ4n) is 2.22. The van der Waals surface area contributed by atoms with Crippen molar-refractivity contribution in [1.29, 1.82) is 0 Å². The Kier molecular flexibility index (Phi) is 4.84. The van der Waals surface area contributed by atoms with E-state index in [1.54, 1.807) is 16.2 Å². The van der Waals surface area contributed by atoms with Crippen LogP contribution in [-0.4, -0.2) is 46.8 Å². The zero-order valence-electron chi connectivity index (χ0n) is 12.2. The van der Waals surface area contributed by atoms with Gasteiger partial charge in [0.2, 0.25) is 0 Å². The highest BCUT2D eigenvalue weighted by Gasteiger charge is 2.44. The van der Waals surface area contributed by atoms with Crippen LogP contribution in [0.5, 0.6) is 0 Å². The van der Waals surface area contributed by atoms with Crippen LogP contribution in [0.1, 0.15) is 25.1 Å². The van der Waals surface area contributed by atoms with Crippen LogP contribution in [-0.2, 0) is 16.1 Å². The minimum absolute atomic E-state index is 0.0129. The molecule has 1 aliphatic rings. The number of amides is 2. The molecule has 21 heavy (non-hydrogen) atoms. The van der Waals surface area contributed by atoms with E-state index < -0.39 is 11.5 Å². The maximum absolute atomic E-state index is 12.5. The molecule has 0 saturated carbocycles. The van der Waals surface area contributed by atoms with Gasteiger partial charge in [0.25, 0.3) is 0 Å². The van der Waals surface area contributed by atoms with Gasteiger partial charge in [0.1, 0.15) is 0 Å². The van der Waals surface area contributed by atoms with Gasteiger partial charge in [0, 0.05) is 23.9 Å². The summed E-state index contributed by atoms with van der Waals surface area (Å²) in [6.45, 7) is 4.65. The molecule has 0 aliphatic carbocycles. The van der Waals surface area contributed by atoms with E-state index in [2.05, 4.69) is 5.32 Å². The molecule has 0 radical (unpaired) electrons. The Morgan fingerprint density at radius 2 is 2.33 bits per heavy atom. The number of thiophene rings is 1. The van der Waals surface area contributed by atoms with E-state index in [0.29, 0.717) is 19.6 Å². The summed E-state index contributed by atoms with van der Waals surface area (Å²) in [5.41, 5.74) is -1.31. The highest BCUT2D eigenvalue weighted by Crippen LogP contribution is 2.21. The second-order valence-corrected chi connectivity index (χ2v) is 6.45. The molecular formula is C14H20N2O4S. The lowest BCUT2D eigenvalue weighted by atomic mass is 9.99. The van der Waals surface area contributed by atoms with Gasteiger partial charge in [-0.15, -0.1) is 11.3 Å². The lowest BCUT2D eigenvalue weighted by Gasteiger charge is -2.31. The molecule has 1 aliphatic heterocycles. The molecular weight excluding hydrogens is 292 g/mol. The van der Waals surface area contributed by atoms with Gasteiger partial charge in [-0.05, 0) is 25.3 Å². The Labute approximate surface area is 127 Å². The lowest BCUT2D eigenvalue weighted by Crippen LogP contribution is -2.59. The van der Waals surface area contributed by atoms with Crippen molar-refractivity contribution in [1.82, 2.24) is 10.2 Å². The molecule has 1 fully saturated rings. The number of hydrogen-bond donors (Lipinski definition) is 2. The van der Waals surface area contributed by atoms with Crippen molar-refractivity contribution in [2.45, 2.75) is 38.4 Å². The van der Waals surface area contributed by atoms with Gasteiger partial charge in [-0.1, -0.05) is 6.07 Å². The average Bonchev–Trinajstić information content (AvgIpc) is 3.06. The van der Waals surface area contributed by atoms with Crippen molar-refractivity contribution in [3.63, 3.8) is 0 Å². The van der Waals surface area contributed by atoms with E-state index >= 15 is 0 Å². The van der Waals surface area contributed by atoms with Gasteiger partial charge in [-0.3, -0.25) is 0 Å². The van der Waals surface area contributed by atoms with Gasteiger partial charge in [0.15, 0.2) is 5.54 Å². The number of ether oxygens (including phenoxy) is 1. The van der Waals surface area contributed by atoms with E-state index in [1.165, 1.54) is 0 Å². The highest BCUT2D eigenvalue weighted by molar-refractivity contribution is 7.09. The number of urea groups is 1. The average molecular weight is 312 g/mol. The summed E-state index contributed by atoms with van der Waals surface area (Å²) in [7, 11) is 0. The van der Waals surface area contributed by atoms with E-state index in [9.17, 15) is 14.7 Å². The Hall–Kier alpha value is -1.60. The molecule has 2 N–H and O–H groups in total. The van der Waals surface area contributed by atoms with Crippen LogP contribution in [0.4, 0.5) is 4.79 Å². The zero-order chi connectivity index (χ0) is 15.5. The molecule has 0 bridgehead atoms. The first-order valence-electron chi connectivity index (χ1n) is 6.87. The second-order valence-electron chi connectivity index (χ2n) is 5.42. The molecule has 2 rings (SSSR count). The number of carboxylic acids is 1. The zero-order valence-corrected chi connectivity index (χ0v) is 13.0. The van der Waals surface area contributed by atoms with Gasteiger partial charge < -0.3 is 20.1 Å². The molecule has 2 amide bonds. The minimum Gasteiger partial charge on any atom is -0.479 e. The van der Waals surface area contributed by atoms with Gasteiger partial charge in [-0.25, -0.2) is 9.59 Å². The molecule has 1 aromatic heterocycles. The molecule has 1 aromatic rings. The Morgan fingerprint density at radius 3 is 2.81 bits per heavy atom. The third-order valence-electron chi connectivity index (χ3n) is 3.57. The summed E-state index contributed by atoms with van der Waals surface area (Å²) in [5.74, 6) is -1.05. The number of aliphatic carboxylic acids is 1. The summed E-state index contributed by atoms with van der Waals surface area (Å²) < 4.78 is 5.16. The quantitative estimate of drug-likeness (QED) is 0.870. The van der Waals surface area contributed by atoms with Gasteiger partial charge >= 0.3 is 12.0 Å². The Morgan fingerprint density at radius 1 is 1.57 bits per heavy atom. The van der Waals surface area contributed by atoms with Crippen LogP contribution in [0.25, 0.3) is 0 Å². The summed E-state index contributed by atoms with van der Waals surface area (Å²) >= 11 is 1.57. The highest BCUT2D eigenvalue weighted by atomic mass is 32.1. The van der Waals surface area contributed by atoms with E-state index in [0.717, 1.165) is 4.88 Å². The Balaban J connectivity index is 2.09. The fraction of sp³-hybridized carbons (Fsp3) is 0.571. The van der Waals surface area contributed by atoms with E-state index in [1.807, 2.05) is 31.4 Å². The summed E-state index contributed by atoms with van der Waals surface area (Å²) in [6, 6.07) is 3.49. The third kappa shape index (κ3) is 3.54. The topological polar surface area (TPSA) is 78.9 Å². The van der Waals surface area contributed by atoms with Crippen molar-refractivity contribution in [2.75, 3.05) is 13.2 Å². The van der Waals surface area contributed by atoms with Crippen LogP contribution in [0, 0.1) is 0 Å². The predicted molar refractivity (Wildman–Crippen MR) is 79.3 cm³/mol. The maximum Gasteiger partial charge on any atom is 0.332 e. The molecule has 1 atom stereocenters. The number of carbonyl (C=O) groups is 2. The summed E-state index contributed by atoms with van der Waals surface area (Å²) in [4.78, 5) is 26.6. The SMILES string of the molecule is CC(C)N(Cc1cccs1)C(=O)NC1(C(=O)O)CCOC1. The minimum atomic E-state index is -1.31. The van der Waals surface area contributed by atoms with Crippen LogP contribution in [0.3, 0.4) is 0 Å². The molecule has 2 heterocycles. The molecule has 1 saturated heterocycles. The van der Waals surface area contributed by atoms with Crippen LogP contribution in [0.15, 0.2) is 17.5 Å². The Bertz CT molecular complexity index is 495. The van der Waals surface area contributed by atoms with Crippen LogP contribution >= 0.6 is 11.3 Å². The number of carboxylic acid groups (broad SMARTS) is 1. The molecule has 0 spiro atoms. The molecule has 1 unspecified atom stereocenters. The molecule has 116 valence electrons. The van der Waals surface area contributed by atoms with Crippen molar-refractivity contribution in [2.24, 2.45) is 0 Å². The number of nitrogens with zero attached hydrogens (tertiary/aromatic N) is 1.